The predicted octanol–water partition coefficient (Wildman–Crippen LogP) is 2.10. The third-order valence-corrected chi connectivity index (χ3v) is 4.32. The average Bonchev–Trinajstić information content (AvgIpc) is 2.97. The molecule has 1 aliphatic carbocycles. The Morgan fingerprint density at radius 1 is 1.23 bits per heavy atom. The molecule has 2 aliphatic rings. The molecule has 0 bridgehead atoms. The fourth-order valence-electron chi connectivity index (χ4n) is 3.43. The molecule has 1 atom stereocenters. The maximum atomic E-state index is 12.6. The molecule has 0 aromatic carbocycles. The predicted molar refractivity (Wildman–Crippen MR) is 76.7 cm³/mol. The van der Waals surface area contributed by atoms with Gasteiger partial charge in [0, 0.05) is 25.5 Å². The molecule has 0 spiro atoms. The summed E-state index contributed by atoms with van der Waals surface area (Å²) in [6.07, 6.45) is 0.208. The second-order valence-electron chi connectivity index (χ2n) is 5.59. The number of esters is 1. The molecule has 22 heavy (non-hydrogen) atoms. The van der Waals surface area contributed by atoms with Crippen molar-refractivity contribution in [1.29, 1.82) is 0 Å². The van der Waals surface area contributed by atoms with Crippen LogP contribution in [0.4, 0.5) is 0 Å². The van der Waals surface area contributed by atoms with Gasteiger partial charge >= 0.3 is 5.97 Å². The largest absolute Gasteiger partial charge is 0.492 e. The highest BCUT2D eigenvalue weighted by Crippen LogP contribution is 2.41. The van der Waals surface area contributed by atoms with Crippen LogP contribution in [-0.2, 0) is 20.8 Å². The fourth-order valence-corrected chi connectivity index (χ4v) is 3.43. The lowest BCUT2D eigenvalue weighted by Gasteiger charge is -2.17. The quantitative estimate of drug-likeness (QED) is 0.782. The minimum absolute atomic E-state index is 0.0916. The Hall–Kier alpha value is -2.37. The number of ketones is 2. The topological polar surface area (TPSA) is 74.6 Å². The normalized spacial score (nSPS) is 20.1. The summed E-state index contributed by atoms with van der Waals surface area (Å²) < 4.78 is 12.2. The Labute approximate surface area is 127 Å². The average molecular weight is 303 g/mol. The SMILES string of the molecule is COC1=C(C)C(=O)c2c(c(C)c3n2CCC3OC(C)=O)C1=O. The molecule has 1 unspecified atom stereocenters. The van der Waals surface area contributed by atoms with E-state index in [2.05, 4.69) is 0 Å². The minimum atomic E-state index is -0.407. The second kappa shape index (κ2) is 4.83. The molecule has 1 aliphatic heterocycles. The number of rotatable bonds is 2. The summed E-state index contributed by atoms with van der Waals surface area (Å²) in [6, 6.07) is 0. The summed E-state index contributed by atoms with van der Waals surface area (Å²) >= 11 is 0. The number of nitrogens with zero attached hydrogens (tertiary/aromatic N) is 1. The Bertz CT molecular complexity index is 753. The van der Waals surface area contributed by atoms with E-state index in [0.717, 1.165) is 5.69 Å². The van der Waals surface area contributed by atoms with Crippen LogP contribution >= 0.6 is 0 Å². The fraction of sp³-hybridized carbons (Fsp3) is 0.438. The van der Waals surface area contributed by atoms with Gasteiger partial charge in [-0.2, -0.15) is 0 Å². The molecule has 6 nitrogen and oxygen atoms in total. The third-order valence-electron chi connectivity index (χ3n) is 4.32. The summed E-state index contributed by atoms with van der Waals surface area (Å²) in [7, 11) is 1.38. The van der Waals surface area contributed by atoms with Gasteiger partial charge in [-0.15, -0.1) is 0 Å². The molecular formula is C16H17NO5. The molecular weight excluding hydrogens is 286 g/mol. The van der Waals surface area contributed by atoms with Crippen LogP contribution in [0.1, 0.15) is 58.5 Å². The van der Waals surface area contributed by atoms with E-state index in [1.807, 2.05) is 4.57 Å². The highest BCUT2D eigenvalue weighted by molar-refractivity contribution is 6.26. The molecule has 0 radical (unpaired) electrons. The summed E-state index contributed by atoms with van der Waals surface area (Å²) in [6.45, 7) is 5.28. The van der Waals surface area contributed by atoms with Gasteiger partial charge in [0.1, 0.15) is 11.8 Å². The zero-order valence-corrected chi connectivity index (χ0v) is 13.0. The second-order valence-corrected chi connectivity index (χ2v) is 5.59. The van der Waals surface area contributed by atoms with Gasteiger partial charge in [0.25, 0.3) is 0 Å². The molecule has 3 rings (SSSR count). The van der Waals surface area contributed by atoms with E-state index in [0.29, 0.717) is 35.4 Å². The van der Waals surface area contributed by atoms with Crippen molar-refractivity contribution >= 4 is 17.5 Å². The summed E-state index contributed by atoms with van der Waals surface area (Å²) in [5.41, 5.74) is 2.52. The van der Waals surface area contributed by atoms with E-state index < -0.39 is 6.10 Å². The van der Waals surface area contributed by atoms with Crippen LogP contribution in [0.5, 0.6) is 0 Å². The Morgan fingerprint density at radius 3 is 2.50 bits per heavy atom. The summed E-state index contributed by atoms with van der Waals surface area (Å²) in [5.74, 6) is -0.768. The zero-order valence-electron chi connectivity index (χ0n) is 13.0. The van der Waals surface area contributed by atoms with E-state index in [1.54, 1.807) is 13.8 Å². The minimum Gasteiger partial charge on any atom is -0.492 e. The molecule has 6 heteroatoms. The van der Waals surface area contributed by atoms with Gasteiger partial charge in [-0.05, 0) is 19.4 Å². The van der Waals surface area contributed by atoms with Crippen molar-refractivity contribution in [3.8, 4) is 0 Å². The number of hydrogen-bond acceptors (Lipinski definition) is 5. The molecule has 1 aromatic heterocycles. The standard InChI is InChI=1S/C16H17NO5/c1-7-11-13(14(19)8(2)16(21-4)15(11)20)17-6-5-10(12(7)17)22-9(3)18/h10H,5-6H2,1-4H3. The number of allylic oxidation sites excluding steroid dienone is 2. The first-order valence-corrected chi connectivity index (χ1v) is 7.12. The van der Waals surface area contributed by atoms with Gasteiger partial charge in [0.2, 0.25) is 11.6 Å². The molecule has 0 saturated carbocycles. The van der Waals surface area contributed by atoms with Crippen molar-refractivity contribution in [2.75, 3.05) is 7.11 Å². The number of ether oxygens (including phenoxy) is 2. The number of methoxy groups -OCH3 is 1. The lowest BCUT2D eigenvalue weighted by atomic mass is 9.91. The van der Waals surface area contributed by atoms with E-state index in [4.69, 9.17) is 9.47 Å². The Morgan fingerprint density at radius 2 is 1.91 bits per heavy atom. The molecule has 116 valence electrons. The number of carbonyl (C=O) groups excluding carboxylic acids is 3. The first-order chi connectivity index (χ1) is 10.4. The van der Waals surface area contributed by atoms with Crippen LogP contribution in [0, 0.1) is 6.92 Å². The maximum absolute atomic E-state index is 12.6. The van der Waals surface area contributed by atoms with Gasteiger partial charge in [-0.25, -0.2) is 0 Å². The van der Waals surface area contributed by atoms with Crippen LogP contribution in [0.3, 0.4) is 0 Å². The number of fused-ring (bicyclic) bond motifs is 3. The monoisotopic (exact) mass is 303 g/mol. The van der Waals surface area contributed by atoms with E-state index >= 15 is 0 Å². The molecule has 0 amide bonds. The van der Waals surface area contributed by atoms with Crippen molar-refractivity contribution < 1.29 is 23.9 Å². The Balaban J connectivity index is 2.19. The van der Waals surface area contributed by atoms with Gasteiger partial charge in [-0.1, -0.05) is 0 Å². The van der Waals surface area contributed by atoms with E-state index in [-0.39, 0.29) is 23.3 Å². The van der Waals surface area contributed by atoms with Crippen LogP contribution in [0.25, 0.3) is 0 Å². The molecule has 0 N–H and O–H groups in total. The van der Waals surface area contributed by atoms with Gasteiger partial charge in [0.15, 0.2) is 5.76 Å². The first-order valence-electron chi connectivity index (χ1n) is 7.12. The van der Waals surface area contributed by atoms with Crippen molar-refractivity contribution in [1.82, 2.24) is 4.57 Å². The number of aromatic nitrogens is 1. The van der Waals surface area contributed by atoms with Gasteiger partial charge < -0.3 is 14.0 Å². The third kappa shape index (κ3) is 1.76. The molecule has 0 saturated heterocycles. The summed E-state index contributed by atoms with van der Waals surface area (Å²) in [5, 5.41) is 0. The molecule has 2 heterocycles. The van der Waals surface area contributed by atoms with Gasteiger partial charge in [-0.3, -0.25) is 14.4 Å². The van der Waals surface area contributed by atoms with Gasteiger partial charge in [0.05, 0.1) is 18.4 Å². The van der Waals surface area contributed by atoms with Crippen molar-refractivity contribution in [2.24, 2.45) is 0 Å². The molecule has 0 fully saturated rings. The summed E-state index contributed by atoms with van der Waals surface area (Å²) in [4.78, 5) is 36.5. The van der Waals surface area contributed by atoms with E-state index in [1.165, 1.54) is 14.0 Å². The van der Waals surface area contributed by atoms with Crippen LogP contribution in [0.15, 0.2) is 11.3 Å². The van der Waals surface area contributed by atoms with E-state index in [9.17, 15) is 14.4 Å². The van der Waals surface area contributed by atoms with Crippen LogP contribution in [0.2, 0.25) is 0 Å². The Kier molecular flexibility index (Phi) is 3.20. The number of hydrogen-bond donors (Lipinski definition) is 0. The highest BCUT2D eigenvalue weighted by Gasteiger charge is 2.41. The molecule has 1 aromatic rings. The van der Waals surface area contributed by atoms with Crippen LogP contribution < -0.4 is 0 Å². The number of Topliss-reactive ketones (excluding diaryl/α,β-unsaturated/α-hetero) is 2. The zero-order chi connectivity index (χ0) is 16.2. The van der Waals surface area contributed by atoms with Crippen molar-refractivity contribution in [2.45, 2.75) is 39.8 Å². The van der Waals surface area contributed by atoms with Crippen molar-refractivity contribution in [3.05, 3.63) is 33.8 Å². The highest BCUT2D eigenvalue weighted by atomic mass is 16.5. The van der Waals surface area contributed by atoms with Crippen LogP contribution in [-0.4, -0.2) is 29.2 Å². The lowest BCUT2D eigenvalue weighted by Crippen LogP contribution is -2.23. The smallest absolute Gasteiger partial charge is 0.303 e. The number of carbonyl (C=O) groups is 3. The maximum Gasteiger partial charge on any atom is 0.303 e. The first kappa shape index (κ1) is 14.6. The van der Waals surface area contributed by atoms with Crippen molar-refractivity contribution in [3.63, 3.8) is 0 Å². The lowest BCUT2D eigenvalue weighted by molar-refractivity contribution is -0.146.